The van der Waals surface area contributed by atoms with Crippen LogP contribution in [0.3, 0.4) is 0 Å². The molecule has 76 valence electrons. The van der Waals surface area contributed by atoms with Crippen LogP contribution in [0.15, 0.2) is 0 Å². The van der Waals surface area contributed by atoms with Gasteiger partial charge in [-0.05, 0) is 12.8 Å². The summed E-state index contributed by atoms with van der Waals surface area (Å²) in [7, 11) is 1.53. The van der Waals surface area contributed by atoms with Crippen LogP contribution >= 0.6 is 0 Å². The number of urea groups is 1. The predicted octanol–water partition coefficient (Wildman–Crippen LogP) is -0.545. The van der Waals surface area contributed by atoms with Gasteiger partial charge in [0.05, 0.1) is 19.3 Å². The lowest BCUT2D eigenvalue weighted by molar-refractivity contribution is 0.130. The van der Waals surface area contributed by atoms with E-state index in [1.165, 1.54) is 7.11 Å². The molecule has 0 spiro atoms. The molecule has 1 fully saturated rings. The van der Waals surface area contributed by atoms with E-state index in [0.29, 0.717) is 12.6 Å². The van der Waals surface area contributed by atoms with Crippen molar-refractivity contribution in [1.29, 1.82) is 0 Å². The summed E-state index contributed by atoms with van der Waals surface area (Å²) in [5, 5.41) is 14.2. The number of aliphatic hydroxyl groups excluding tert-OH is 1. The maximum atomic E-state index is 11.1. The van der Waals surface area contributed by atoms with Crippen molar-refractivity contribution in [3.8, 4) is 0 Å². The fourth-order valence-corrected chi connectivity index (χ4v) is 0.981. The Labute approximate surface area is 77.5 Å². The van der Waals surface area contributed by atoms with Gasteiger partial charge in [0.15, 0.2) is 0 Å². The molecule has 1 aliphatic rings. The predicted molar refractivity (Wildman–Crippen MR) is 47.4 cm³/mol. The minimum absolute atomic E-state index is 0.105. The molecule has 0 aromatic rings. The highest BCUT2D eigenvalue weighted by Crippen LogP contribution is 2.18. The minimum atomic E-state index is -0.316. The highest BCUT2D eigenvalue weighted by molar-refractivity contribution is 5.74. The van der Waals surface area contributed by atoms with Gasteiger partial charge >= 0.3 is 6.03 Å². The molecule has 0 aromatic carbocycles. The Balaban J connectivity index is 2.14. The molecule has 5 nitrogen and oxygen atoms in total. The molecule has 0 heterocycles. The number of hydrogen-bond acceptors (Lipinski definition) is 3. The lowest BCUT2D eigenvalue weighted by atomic mass is 10.3. The summed E-state index contributed by atoms with van der Waals surface area (Å²) in [5.41, 5.74) is 0. The van der Waals surface area contributed by atoms with Gasteiger partial charge < -0.3 is 20.5 Å². The molecule has 3 N–H and O–H groups in total. The largest absolute Gasteiger partial charge is 0.394 e. The van der Waals surface area contributed by atoms with E-state index in [-0.39, 0.29) is 18.7 Å². The summed E-state index contributed by atoms with van der Waals surface area (Å²) in [5.74, 6) is 0. The normalized spacial score (nSPS) is 18.0. The molecule has 0 saturated heterocycles. The topological polar surface area (TPSA) is 70.6 Å². The maximum Gasteiger partial charge on any atom is 0.315 e. The molecule has 1 unspecified atom stereocenters. The number of amides is 2. The van der Waals surface area contributed by atoms with Crippen LogP contribution in [0.4, 0.5) is 4.79 Å². The fourth-order valence-electron chi connectivity index (χ4n) is 0.981. The zero-order chi connectivity index (χ0) is 9.68. The number of carbonyl (C=O) groups excluding carboxylic acids is 1. The van der Waals surface area contributed by atoms with E-state index in [1.54, 1.807) is 0 Å². The number of ether oxygens (including phenoxy) is 1. The number of rotatable bonds is 5. The Morgan fingerprint density at radius 2 is 2.38 bits per heavy atom. The second-order valence-corrected chi connectivity index (χ2v) is 3.23. The van der Waals surface area contributed by atoms with Crippen LogP contribution in [0.2, 0.25) is 0 Å². The van der Waals surface area contributed by atoms with Crippen LogP contribution in [0, 0.1) is 0 Å². The average molecular weight is 188 g/mol. The first-order valence-electron chi connectivity index (χ1n) is 4.43. The number of nitrogens with one attached hydrogen (secondary N) is 2. The third kappa shape index (κ3) is 4.10. The van der Waals surface area contributed by atoms with Crippen molar-refractivity contribution < 1.29 is 14.6 Å². The molecule has 13 heavy (non-hydrogen) atoms. The molecule has 1 atom stereocenters. The van der Waals surface area contributed by atoms with E-state index < -0.39 is 0 Å². The van der Waals surface area contributed by atoms with Gasteiger partial charge in [0.25, 0.3) is 0 Å². The first kappa shape index (κ1) is 10.3. The summed E-state index contributed by atoms with van der Waals surface area (Å²) in [6.45, 7) is 0.223. The molecule has 1 aliphatic carbocycles. The minimum Gasteiger partial charge on any atom is -0.394 e. The van der Waals surface area contributed by atoms with Crippen LogP contribution < -0.4 is 10.6 Å². The second-order valence-electron chi connectivity index (χ2n) is 3.23. The first-order chi connectivity index (χ1) is 6.26. The highest BCUT2D eigenvalue weighted by atomic mass is 16.5. The molecule has 5 heteroatoms. The second kappa shape index (κ2) is 5.04. The van der Waals surface area contributed by atoms with E-state index in [1.807, 2.05) is 0 Å². The van der Waals surface area contributed by atoms with E-state index in [4.69, 9.17) is 9.84 Å². The molecule has 0 bridgehead atoms. The molecular formula is C8H16N2O3. The average Bonchev–Trinajstić information content (AvgIpc) is 2.87. The number of aliphatic hydroxyl groups is 1. The smallest absolute Gasteiger partial charge is 0.315 e. The van der Waals surface area contributed by atoms with Crippen molar-refractivity contribution in [3.05, 3.63) is 0 Å². The van der Waals surface area contributed by atoms with Crippen LogP contribution in [0.25, 0.3) is 0 Å². The molecule has 0 aliphatic heterocycles. The zero-order valence-electron chi connectivity index (χ0n) is 7.75. The molecular weight excluding hydrogens is 172 g/mol. The van der Waals surface area contributed by atoms with Crippen LogP contribution in [-0.2, 0) is 4.74 Å². The van der Waals surface area contributed by atoms with E-state index in [2.05, 4.69) is 10.6 Å². The summed E-state index contributed by atoms with van der Waals surface area (Å²) in [6.07, 6.45) is 2.11. The molecule has 2 amide bonds. The Bertz CT molecular complexity index is 171. The van der Waals surface area contributed by atoms with Crippen molar-refractivity contribution >= 4 is 6.03 Å². The summed E-state index contributed by atoms with van der Waals surface area (Å²) in [6, 6.07) is -0.204. The standard InChI is InChI=1S/C8H16N2O3/c1-13-5-7(4-11)10-8(12)9-6-2-3-6/h6-7,11H,2-5H2,1H3,(H2,9,10,12). The van der Waals surface area contributed by atoms with Crippen LogP contribution in [0.5, 0.6) is 0 Å². The number of methoxy groups -OCH3 is 1. The van der Waals surface area contributed by atoms with Gasteiger partial charge in [-0.15, -0.1) is 0 Å². The monoisotopic (exact) mass is 188 g/mol. The summed E-state index contributed by atoms with van der Waals surface area (Å²) < 4.78 is 4.81. The van der Waals surface area contributed by atoms with Crippen LogP contribution in [0.1, 0.15) is 12.8 Å². The molecule has 0 aromatic heterocycles. The molecule has 1 rings (SSSR count). The fraction of sp³-hybridized carbons (Fsp3) is 0.875. The quantitative estimate of drug-likeness (QED) is 0.542. The number of carbonyl (C=O) groups is 1. The van der Waals surface area contributed by atoms with E-state index in [0.717, 1.165) is 12.8 Å². The lowest BCUT2D eigenvalue weighted by Crippen LogP contribution is -2.46. The summed E-state index contributed by atoms with van der Waals surface area (Å²) in [4.78, 5) is 11.1. The van der Waals surface area contributed by atoms with E-state index in [9.17, 15) is 4.79 Å². The first-order valence-corrected chi connectivity index (χ1v) is 4.43. The van der Waals surface area contributed by atoms with Crippen molar-refractivity contribution in [3.63, 3.8) is 0 Å². The highest BCUT2D eigenvalue weighted by Gasteiger charge is 2.23. The third-order valence-corrected chi connectivity index (χ3v) is 1.84. The summed E-state index contributed by atoms with van der Waals surface area (Å²) >= 11 is 0. The Hall–Kier alpha value is -0.810. The van der Waals surface area contributed by atoms with Crippen LogP contribution in [-0.4, -0.2) is 43.5 Å². The van der Waals surface area contributed by atoms with Crippen molar-refractivity contribution in [1.82, 2.24) is 10.6 Å². The van der Waals surface area contributed by atoms with Crippen molar-refractivity contribution in [2.75, 3.05) is 20.3 Å². The molecule has 1 saturated carbocycles. The van der Waals surface area contributed by atoms with Crippen molar-refractivity contribution in [2.24, 2.45) is 0 Å². The SMILES string of the molecule is COCC(CO)NC(=O)NC1CC1. The van der Waals surface area contributed by atoms with Gasteiger partial charge in [-0.1, -0.05) is 0 Å². The molecule has 0 radical (unpaired) electrons. The Morgan fingerprint density at radius 1 is 1.69 bits per heavy atom. The van der Waals surface area contributed by atoms with Gasteiger partial charge in [0, 0.05) is 13.2 Å². The van der Waals surface area contributed by atoms with Crippen molar-refractivity contribution in [2.45, 2.75) is 24.9 Å². The number of hydrogen-bond donors (Lipinski definition) is 3. The van der Waals surface area contributed by atoms with Gasteiger partial charge in [0.1, 0.15) is 0 Å². The van der Waals surface area contributed by atoms with Gasteiger partial charge in [0.2, 0.25) is 0 Å². The van der Waals surface area contributed by atoms with Gasteiger partial charge in [-0.25, -0.2) is 4.79 Å². The van der Waals surface area contributed by atoms with Gasteiger partial charge in [-0.2, -0.15) is 0 Å². The van der Waals surface area contributed by atoms with E-state index >= 15 is 0 Å². The zero-order valence-corrected chi connectivity index (χ0v) is 7.75. The van der Waals surface area contributed by atoms with Gasteiger partial charge in [-0.3, -0.25) is 0 Å². The Morgan fingerprint density at radius 3 is 2.85 bits per heavy atom. The third-order valence-electron chi connectivity index (χ3n) is 1.84. The lowest BCUT2D eigenvalue weighted by Gasteiger charge is -2.15. The Kier molecular flexibility index (Phi) is 3.98. The maximum absolute atomic E-state index is 11.1.